The van der Waals surface area contributed by atoms with E-state index in [1.54, 1.807) is 5.32 Å². The third-order valence-electron chi connectivity index (χ3n) is 0.642. The fourth-order valence-corrected chi connectivity index (χ4v) is 0.334. The number of nitrogens with one attached hydrogen (secondary N) is 1. The summed E-state index contributed by atoms with van der Waals surface area (Å²) in [6.45, 7) is 0. The van der Waals surface area contributed by atoms with Gasteiger partial charge in [0, 0.05) is 0 Å². The maximum atomic E-state index is 11.7. The lowest BCUT2D eigenvalue weighted by Gasteiger charge is -1.86. The number of carbonyl (C=O) groups excluding carboxylic acids is 2. The van der Waals surface area contributed by atoms with Crippen LogP contribution in [0.5, 0.6) is 0 Å². The molecule has 5 heteroatoms. The van der Waals surface area contributed by atoms with E-state index < -0.39 is 18.4 Å². The van der Waals surface area contributed by atoms with Crippen LogP contribution in [-0.4, -0.2) is 18.4 Å². The van der Waals surface area contributed by atoms with Crippen molar-refractivity contribution in [3.05, 3.63) is 0 Å². The summed E-state index contributed by atoms with van der Waals surface area (Å²) in [5.74, 6) is -1.03. The fourth-order valence-electron chi connectivity index (χ4n) is 0.334. The van der Waals surface area contributed by atoms with Crippen LogP contribution in [0.3, 0.4) is 0 Å². The van der Waals surface area contributed by atoms with E-state index in [1.165, 1.54) is 0 Å². The summed E-state index contributed by atoms with van der Waals surface area (Å²) in [6, 6.07) is 0. The van der Waals surface area contributed by atoms with Gasteiger partial charge in [-0.05, 0) is 0 Å². The van der Waals surface area contributed by atoms with Crippen molar-refractivity contribution < 1.29 is 18.7 Å². The molecule has 1 N–H and O–H groups in total. The maximum Gasteiger partial charge on any atom is 0.417 e. The Morgan fingerprint density at radius 2 is 2.25 bits per heavy atom. The lowest BCUT2D eigenvalue weighted by Crippen LogP contribution is -2.21. The second-order valence-electron chi connectivity index (χ2n) is 1.21. The normalized spacial score (nSPS) is 27.4. The van der Waals surface area contributed by atoms with Gasteiger partial charge in [-0.15, -0.1) is 0 Å². The van der Waals surface area contributed by atoms with Gasteiger partial charge in [-0.25, -0.2) is 4.79 Å². The Morgan fingerprint density at radius 3 is 2.38 bits per heavy atom. The largest absolute Gasteiger partial charge is 0.417 e. The predicted molar refractivity (Wildman–Crippen MR) is 19.5 cm³/mol. The molecule has 1 aliphatic heterocycles. The minimum atomic E-state index is -2.11. The molecule has 4 nitrogen and oxygen atoms in total. The van der Waals surface area contributed by atoms with Crippen molar-refractivity contribution in [3.63, 3.8) is 0 Å². The van der Waals surface area contributed by atoms with Gasteiger partial charge in [-0.1, -0.05) is 0 Å². The number of imide groups is 1. The Bertz CT molecular complexity index is 145. The molecule has 1 atom stereocenters. The third-order valence-corrected chi connectivity index (χ3v) is 0.642. The zero-order valence-corrected chi connectivity index (χ0v) is 3.68. The monoisotopic (exact) mass is 119 g/mol. The first-order valence-electron chi connectivity index (χ1n) is 1.85. The van der Waals surface area contributed by atoms with Crippen LogP contribution in [0.15, 0.2) is 0 Å². The molecule has 0 aliphatic carbocycles. The molecule has 1 aliphatic rings. The molecule has 1 unspecified atom stereocenters. The van der Waals surface area contributed by atoms with Crippen LogP contribution in [0, 0.1) is 0 Å². The molecule has 1 fully saturated rings. The number of halogens is 1. The second kappa shape index (κ2) is 1.43. The van der Waals surface area contributed by atoms with Gasteiger partial charge < -0.3 is 4.74 Å². The number of ether oxygens (including phenoxy) is 1. The summed E-state index contributed by atoms with van der Waals surface area (Å²) in [5, 5.41) is 1.59. The van der Waals surface area contributed by atoms with E-state index in [0.29, 0.717) is 0 Å². The molecule has 0 aromatic rings. The summed E-state index contributed by atoms with van der Waals surface area (Å²) in [7, 11) is 0. The van der Waals surface area contributed by atoms with Crippen LogP contribution in [-0.2, 0) is 9.53 Å². The predicted octanol–water partition coefficient (Wildman–Crippen LogP) is -0.452. The Morgan fingerprint density at radius 1 is 1.62 bits per heavy atom. The topological polar surface area (TPSA) is 55.4 Å². The molecular weight excluding hydrogens is 117 g/mol. The van der Waals surface area contributed by atoms with Gasteiger partial charge in [0.15, 0.2) is 0 Å². The highest BCUT2D eigenvalue weighted by Crippen LogP contribution is 2.00. The second-order valence-corrected chi connectivity index (χ2v) is 1.21. The maximum absolute atomic E-state index is 11.7. The van der Waals surface area contributed by atoms with E-state index in [-0.39, 0.29) is 0 Å². The molecule has 0 spiro atoms. The zero-order chi connectivity index (χ0) is 6.15. The summed E-state index contributed by atoms with van der Waals surface area (Å²) >= 11 is 0. The first kappa shape index (κ1) is 5.02. The van der Waals surface area contributed by atoms with Crippen molar-refractivity contribution in [2.75, 3.05) is 0 Å². The van der Waals surface area contributed by atoms with Crippen molar-refractivity contribution in [2.24, 2.45) is 0 Å². The van der Waals surface area contributed by atoms with Gasteiger partial charge in [0.1, 0.15) is 0 Å². The quantitative estimate of drug-likeness (QED) is 0.469. The lowest BCUT2D eigenvalue weighted by molar-refractivity contribution is -0.129. The van der Waals surface area contributed by atoms with E-state index in [4.69, 9.17) is 0 Å². The number of carbonyl (C=O) groups is 2. The summed E-state index contributed by atoms with van der Waals surface area (Å²) in [6.07, 6.45) is -3.13. The summed E-state index contributed by atoms with van der Waals surface area (Å²) < 4.78 is 15.4. The Hall–Kier alpha value is -1.13. The molecule has 0 aromatic carbocycles. The highest BCUT2D eigenvalue weighted by molar-refractivity contribution is 5.98. The van der Waals surface area contributed by atoms with Crippen LogP contribution >= 0.6 is 0 Å². The van der Waals surface area contributed by atoms with E-state index in [9.17, 15) is 14.0 Å². The average Bonchev–Trinajstić information content (AvgIpc) is 1.85. The minimum Gasteiger partial charge on any atom is -0.405 e. The molecule has 0 bridgehead atoms. The van der Waals surface area contributed by atoms with Crippen molar-refractivity contribution in [1.29, 1.82) is 0 Å². The van der Waals surface area contributed by atoms with Gasteiger partial charge in [-0.2, -0.15) is 4.39 Å². The van der Waals surface area contributed by atoms with Gasteiger partial charge >= 0.3 is 18.4 Å². The number of amides is 2. The van der Waals surface area contributed by atoms with Gasteiger partial charge in [-0.3, -0.25) is 10.1 Å². The number of rotatable bonds is 0. The van der Waals surface area contributed by atoms with Crippen molar-refractivity contribution in [2.45, 2.75) is 6.36 Å². The third kappa shape index (κ3) is 0.617. The average molecular weight is 119 g/mol. The fraction of sp³-hybridized carbons (Fsp3) is 0.333. The summed E-state index contributed by atoms with van der Waals surface area (Å²) in [5.41, 5.74) is 0. The van der Waals surface area contributed by atoms with Crippen LogP contribution in [0.4, 0.5) is 9.18 Å². The SMILES string of the molecule is O=C1NC(=O)C(F)O1. The van der Waals surface area contributed by atoms with E-state index in [1.807, 2.05) is 0 Å². The van der Waals surface area contributed by atoms with Gasteiger partial charge in [0.2, 0.25) is 0 Å². The highest BCUT2D eigenvalue weighted by atomic mass is 19.1. The van der Waals surface area contributed by atoms with Crippen molar-refractivity contribution in [3.8, 4) is 0 Å². The Balaban J connectivity index is 2.64. The highest BCUT2D eigenvalue weighted by Gasteiger charge is 2.31. The van der Waals surface area contributed by atoms with E-state index in [0.717, 1.165) is 0 Å². The number of alkyl halides is 1. The van der Waals surface area contributed by atoms with E-state index >= 15 is 0 Å². The first-order chi connectivity index (χ1) is 3.70. The van der Waals surface area contributed by atoms with Crippen molar-refractivity contribution in [1.82, 2.24) is 5.32 Å². The molecule has 1 heterocycles. The van der Waals surface area contributed by atoms with Crippen LogP contribution < -0.4 is 5.32 Å². The standard InChI is InChI=1S/C3H2FNO3/c4-1-2(6)5-3(7)8-1/h1H,(H,5,6,7). The molecule has 8 heavy (non-hydrogen) atoms. The van der Waals surface area contributed by atoms with Crippen LogP contribution in [0.25, 0.3) is 0 Å². The smallest absolute Gasteiger partial charge is 0.405 e. The molecule has 1 rings (SSSR count). The molecular formula is C3H2FNO3. The molecule has 0 radical (unpaired) electrons. The molecule has 2 amide bonds. The first-order valence-corrected chi connectivity index (χ1v) is 1.85. The Labute approximate surface area is 43.6 Å². The minimum absolute atomic E-state index is 1.03. The number of alkyl carbamates (subject to hydrolysis) is 1. The van der Waals surface area contributed by atoms with E-state index in [2.05, 4.69) is 4.74 Å². The Kier molecular flexibility index (Phi) is 0.896. The molecule has 1 saturated heterocycles. The van der Waals surface area contributed by atoms with Crippen LogP contribution in [0.1, 0.15) is 0 Å². The molecule has 44 valence electrons. The number of cyclic esters (lactones) is 1. The van der Waals surface area contributed by atoms with Crippen molar-refractivity contribution >= 4 is 12.0 Å². The van der Waals surface area contributed by atoms with Crippen LogP contribution in [0.2, 0.25) is 0 Å². The molecule has 0 aromatic heterocycles. The summed E-state index contributed by atoms with van der Waals surface area (Å²) in [4.78, 5) is 19.8. The van der Waals surface area contributed by atoms with Gasteiger partial charge in [0.05, 0.1) is 0 Å². The zero-order valence-electron chi connectivity index (χ0n) is 3.68. The lowest BCUT2D eigenvalue weighted by atomic mass is 10.7. The number of hydrogen-bond donors (Lipinski definition) is 1. The number of hydrogen-bond acceptors (Lipinski definition) is 3. The van der Waals surface area contributed by atoms with Gasteiger partial charge in [0.25, 0.3) is 0 Å². The molecule has 0 saturated carbocycles.